The molecule has 2 aliphatic heterocycles. The fraction of sp³-hybridized carbons (Fsp3) is 0.250. The van der Waals surface area contributed by atoms with Gasteiger partial charge in [-0.15, -0.1) is 22.7 Å². The van der Waals surface area contributed by atoms with Gasteiger partial charge in [0.05, 0.1) is 18.0 Å². The lowest BCUT2D eigenvalue weighted by Crippen LogP contribution is -2.54. The number of nitrogens with two attached hydrogens (primary N) is 1. The van der Waals surface area contributed by atoms with Crippen LogP contribution < -0.4 is 5.73 Å². The van der Waals surface area contributed by atoms with Gasteiger partial charge in [-0.1, -0.05) is 24.3 Å². The fourth-order valence-electron chi connectivity index (χ4n) is 4.16. The van der Waals surface area contributed by atoms with Gasteiger partial charge in [-0.2, -0.15) is 0 Å². The molecule has 6 nitrogen and oxygen atoms in total. The topological polar surface area (TPSA) is 79.0 Å². The van der Waals surface area contributed by atoms with E-state index in [0.717, 1.165) is 15.0 Å². The van der Waals surface area contributed by atoms with Crippen LogP contribution >= 0.6 is 22.7 Å². The lowest BCUT2D eigenvalue weighted by atomic mass is 9.84. The fourth-order valence-corrected chi connectivity index (χ4v) is 6.01. The van der Waals surface area contributed by atoms with E-state index in [2.05, 4.69) is 0 Å². The Kier molecular flexibility index (Phi) is 3.82. The summed E-state index contributed by atoms with van der Waals surface area (Å²) in [6.07, 6.45) is 0. The third-order valence-corrected chi connectivity index (χ3v) is 7.64. The van der Waals surface area contributed by atoms with Crippen molar-refractivity contribution in [2.24, 2.45) is 16.6 Å². The molecule has 0 aliphatic carbocycles. The quantitative estimate of drug-likeness (QED) is 0.706. The number of thiophene rings is 2. The van der Waals surface area contributed by atoms with Gasteiger partial charge in [-0.3, -0.25) is 14.5 Å². The van der Waals surface area contributed by atoms with Crippen LogP contribution in [0.15, 0.2) is 52.2 Å². The van der Waals surface area contributed by atoms with Gasteiger partial charge in [0, 0.05) is 33.9 Å². The highest BCUT2D eigenvalue weighted by molar-refractivity contribution is 7.17. The number of amides is 2. The summed E-state index contributed by atoms with van der Waals surface area (Å²) in [6, 6.07) is 11.8. The highest BCUT2D eigenvalue weighted by Gasteiger charge is 2.57. The predicted molar refractivity (Wildman–Crippen MR) is 112 cm³/mol. The third kappa shape index (κ3) is 2.34. The molecule has 28 heavy (non-hydrogen) atoms. The van der Waals surface area contributed by atoms with Crippen molar-refractivity contribution in [2.75, 3.05) is 20.1 Å². The van der Waals surface area contributed by atoms with Crippen LogP contribution in [0.4, 0.5) is 0 Å². The Hall–Kier alpha value is -2.71. The van der Waals surface area contributed by atoms with Crippen molar-refractivity contribution in [2.45, 2.75) is 5.54 Å². The molecule has 1 fully saturated rings. The molecule has 0 saturated carbocycles. The molecule has 0 bridgehead atoms. The molecule has 1 aromatic carbocycles. The number of nitrogens with zero attached hydrogens (tertiary/aromatic N) is 3. The minimum Gasteiger partial charge on any atom is -0.369 e. The molecule has 2 N–H and O–H groups in total. The highest BCUT2D eigenvalue weighted by Crippen LogP contribution is 2.46. The van der Waals surface area contributed by atoms with E-state index in [1.807, 2.05) is 47.2 Å². The molecule has 8 heteroatoms. The normalized spacial score (nSPS) is 24.5. The van der Waals surface area contributed by atoms with Gasteiger partial charge >= 0.3 is 0 Å². The zero-order valence-electron chi connectivity index (χ0n) is 15.2. The van der Waals surface area contributed by atoms with Crippen molar-refractivity contribution in [3.05, 3.63) is 57.6 Å². The Morgan fingerprint density at radius 3 is 2.86 bits per heavy atom. The van der Waals surface area contributed by atoms with E-state index in [9.17, 15) is 9.59 Å². The van der Waals surface area contributed by atoms with Crippen LogP contribution in [0.3, 0.4) is 0 Å². The SMILES string of the molecule is CN1C(=O)C2CN(C(=O)c3csc4ccccc34)CC2(c2cccs2)N=C1N. The maximum atomic E-state index is 13.4. The van der Waals surface area contributed by atoms with E-state index in [1.165, 1.54) is 4.90 Å². The molecule has 2 aromatic heterocycles. The molecule has 2 aliphatic rings. The van der Waals surface area contributed by atoms with Crippen LogP contribution in [0.25, 0.3) is 10.1 Å². The summed E-state index contributed by atoms with van der Waals surface area (Å²) in [4.78, 5) is 35.3. The summed E-state index contributed by atoms with van der Waals surface area (Å²) in [5.74, 6) is -0.388. The van der Waals surface area contributed by atoms with Gasteiger partial charge in [0.1, 0.15) is 5.54 Å². The number of aliphatic imine (C=N–C) groups is 1. The Labute approximate surface area is 169 Å². The van der Waals surface area contributed by atoms with Gasteiger partial charge in [-0.05, 0) is 17.5 Å². The van der Waals surface area contributed by atoms with E-state index < -0.39 is 11.5 Å². The highest BCUT2D eigenvalue weighted by atomic mass is 32.1. The molecular formula is C20H18N4O2S2. The Morgan fingerprint density at radius 1 is 1.25 bits per heavy atom. The lowest BCUT2D eigenvalue weighted by molar-refractivity contribution is -0.132. The second kappa shape index (κ2) is 6.15. The minimum absolute atomic E-state index is 0.0630. The number of benzene rings is 1. The first-order valence-electron chi connectivity index (χ1n) is 8.93. The van der Waals surface area contributed by atoms with Crippen LogP contribution in [-0.4, -0.2) is 47.7 Å². The van der Waals surface area contributed by atoms with Crippen LogP contribution in [0, 0.1) is 5.92 Å². The molecule has 1 saturated heterocycles. The first-order valence-corrected chi connectivity index (χ1v) is 10.7. The molecule has 0 radical (unpaired) electrons. The van der Waals surface area contributed by atoms with Crippen LogP contribution in [-0.2, 0) is 10.3 Å². The van der Waals surface area contributed by atoms with E-state index in [4.69, 9.17) is 10.7 Å². The van der Waals surface area contributed by atoms with E-state index in [1.54, 1.807) is 34.6 Å². The number of likely N-dealkylation sites (tertiary alicyclic amines) is 1. The van der Waals surface area contributed by atoms with Crippen LogP contribution in [0.5, 0.6) is 0 Å². The van der Waals surface area contributed by atoms with Crippen LogP contribution in [0.2, 0.25) is 0 Å². The molecule has 3 aromatic rings. The van der Waals surface area contributed by atoms with Crippen molar-refractivity contribution in [3.63, 3.8) is 0 Å². The first kappa shape index (κ1) is 17.4. The van der Waals surface area contributed by atoms with Gasteiger partial charge in [-0.25, -0.2) is 4.99 Å². The number of hydrogen-bond acceptors (Lipinski definition) is 6. The second-order valence-corrected chi connectivity index (χ2v) is 9.01. The molecular weight excluding hydrogens is 392 g/mol. The van der Waals surface area contributed by atoms with Gasteiger partial charge in [0.2, 0.25) is 5.91 Å². The summed E-state index contributed by atoms with van der Waals surface area (Å²) in [5.41, 5.74) is 5.94. The monoisotopic (exact) mass is 410 g/mol. The Bertz CT molecular complexity index is 1120. The summed E-state index contributed by atoms with van der Waals surface area (Å²) < 4.78 is 1.08. The van der Waals surface area contributed by atoms with Crippen molar-refractivity contribution in [1.29, 1.82) is 0 Å². The number of carbonyl (C=O) groups excluding carboxylic acids is 2. The third-order valence-electron chi connectivity index (χ3n) is 5.64. The molecule has 142 valence electrons. The Balaban J connectivity index is 1.58. The van der Waals surface area contributed by atoms with Crippen molar-refractivity contribution in [3.8, 4) is 0 Å². The summed E-state index contributed by atoms with van der Waals surface area (Å²) in [5, 5.41) is 4.81. The molecule has 4 heterocycles. The smallest absolute Gasteiger partial charge is 0.255 e. The summed E-state index contributed by atoms with van der Waals surface area (Å²) in [6.45, 7) is 0.683. The van der Waals surface area contributed by atoms with E-state index in [-0.39, 0.29) is 17.8 Å². The number of carbonyl (C=O) groups is 2. The number of fused-ring (bicyclic) bond motifs is 2. The number of rotatable bonds is 2. The van der Waals surface area contributed by atoms with E-state index >= 15 is 0 Å². The Morgan fingerprint density at radius 2 is 2.07 bits per heavy atom. The first-order chi connectivity index (χ1) is 13.5. The zero-order valence-corrected chi connectivity index (χ0v) is 16.8. The van der Waals surface area contributed by atoms with Gasteiger partial charge < -0.3 is 10.6 Å². The maximum Gasteiger partial charge on any atom is 0.255 e. The molecule has 0 spiro atoms. The predicted octanol–water partition coefficient (Wildman–Crippen LogP) is 2.72. The number of guanidine groups is 1. The van der Waals surface area contributed by atoms with Crippen molar-refractivity contribution >= 4 is 50.5 Å². The zero-order chi connectivity index (χ0) is 19.5. The van der Waals surface area contributed by atoms with Gasteiger partial charge in [0.25, 0.3) is 5.91 Å². The molecule has 2 amide bonds. The number of hydrogen-bond donors (Lipinski definition) is 1. The summed E-state index contributed by atoms with van der Waals surface area (Å²) >= 11 is 3.10. The van der Waals surface area contributed by atoms with Crippen molar-refractivity contribution in [1.82, 2.24) is 9.80 Å². The molecule has 2 unspecified atom stereocenters. The van der Waals surface area contributed by atoms with E-state index in [0.29, 0.717) is 18.7 Å². The average Bonchev–Trinajstić information content (AvgIpc) is 3.43. The summed E-state index contributed by atoms with van der Waals surface area (Å²) in [7, 11) is 1.64. The van der Waals surface area contributed by atoms with Crippen LogP contribution in [0.1, 0.15) is 15.2 Å². The second-order valence-electron chi connectivity index (χ2n) is 7.15. The van der Waals surface area contributed by atoms with Gasteiger partial charge in [0.15, 0.2) is 5.96 Å². The largest absolute Gasteiger partial charge is 0.369 e. The molecule has 2 atom stereocenters. The lowest BCUT2D eigenvalue weighted by Gasteiger charge is -2.36. The molecule has 5 rings (SSSR count). The van der Waals surface area contributed by atoms with Crippen molar-refractivity contribution < 1.29 is 9.59 Å². The maximum absolute atomic E-state index is 13.4. The minimum atomic E-state index is -0.802. The standard InChI is InChI=1S/C20H18N4O2S2/c1-23-18(26)14-9-24(11-20(14,22-19(23)21)16-7-4-8-27-16)17(25)13-10-28-15-6-3-2-5-12(13)15/h2-8,10,14H,9,11H2,1H3,(H2,21,22). The average molecular weight is 411 g/mol.